The standard InChI is InChI=1S/C16H18ClN3O/c17-10-12-3-1-4-13(9-12)16(21)20-8-2-5-14(11-20)15-6-7-18-19-15/h1,3-4,6-7,9,14H,2,5,8,10-11H2,(H,18,19). The molecule has 0 spiro atoms. The van der Waals surface area contributed by atoms with E-state index in [0.29, 0.717) is 11.8 Å². The second-order valence-electron chi connectivity index (χ2n) is 5.44. The van der Waals surface area contributed by atoms with Crippen LogP contribution in [0.25, 0.3) is 0 Å². The molecule has 2 aromatic rings. The number of halogens is 1. The van der Waals surface area contributed by atoms with Gasteiger partial charge in [0.25, 0.3) is 5.91 Å². The maximum absolute atomic E-state index is 12.6. The third kappa shape index (κ3) is 3.10. The molecule has 3 rings (SSSR count). The van der Waals surface area contributed by atoms with Crippen LogP contribution in [0.1, 0.15) is 40.4 Å². The molecular weight excluding hydrogens is 286 g/mol. The quantitative estimate of drug-likeness (QED) is 0.885. The Morgan fingerprint density at radius 2 is 2.33 bits per heavy atom. The predicted octanol–water partition coefficient (Wildman–Crippen LogP) is 3.17. The largest absolute Gasteiger partial charge is 0.338 e. The molecule has 0 saturated carbocycles. The van der Waals surface area contributed by atoms with Crippen LogP contribution < -0.4 is 0 Å². The zero-order valence-corrected chi connectivity index (χ0v) is 12.5. The maximum Gasteiger partial charge on any atom is 0.253 e. The molecule has 1 amide bonds. The highest BCUT2D eigenvalue weighted by Gasteiger charge is 2.26. The molecule has 1 N–H and O–H groups in total. The number of hydrogen-bond acceptors (Lipinski definition) is 2. The first-order valence-electron chi connectivity index (χ1n) is 7.21. The van der Waals surface area contributed by atoms with Crippen LogP contribution in [0.4, 0.5) is 0 Å². The number of rotatable bonds is 3. The van der Waals surface area contributed by atoms with Crippen molar-refractivity contribution >= 4 is 17.5 Å². The number of alkyl halides is 1. The Balaban J connectivity index is 1.74. The van der Waals surface area contributed by atoms with Gasteiger partial charge in [0, 0.05) is 42.3 Å². The van der Waals surface area contributed by atoms with Gasteiger partial charge < -0.3 is 4.90 Å². The van der Waals surface area contributed by atoms with Crippen LogP contribution in [0.5, 0.6) is 0 Å². The number of aromatic nitrogens is 2. The van der Waals surface area contributed by atoms with E-state index in [0.717, 1.165) is 42.8 Å². The second kappa shape index (κ2) is 6.31. The number of amides is 1. The molecule has 4 nitrogen and oxygen atoms in total. The number of nitrogens with zero attached hydrogens (tertiary/aromatic N) is 2. The van der Waals surface area contributed by atoms with Gasteiger partial charge in [-0.2, -0.15) is 5.10 Å². The molecule has 1 fully saturated rings. The van der Waals surface area contributed by atoms with Gasteiger partial charge in [0.2, 0.25) is 0 Å². The van der Waals surface area contributed by atoms with Crippen LogP contribution in [0, 0.1) is 0 Å². The average Bonchev–Trinajstić information content (AvgIpc) is 3.09. The van der Waals surface area contributed by atoms with E-state index in [1.54, 1.807) is 6.20 Å². The number of benzene rings is 1. The molecule has 1 atom stereocenters. The summed E-state index contributed by atoms with van der Waals surface area (Å²) in [6, 6.07) is 9.56. The lowest BCUT2D eigenvalue weighted by molar-refractivity contribution is 0.0706. The highest BCUT2D eigenvalue weighted by molar-refractivity contribution is 6.17. The second-order valence-corrected chi connectivity index (χ2v) is 5.70. The lowest BCUT2D eigenvalue weighted by Crippen LogP contribution is -2.39. The first-order valence-corrected chi connectivity index (χ1v) is 7.75. The molecule has 0 bridgehead atoms. The zero-order valence-electron chi connectivity index (χ0n) is 11.8. The summed E-state index contributed by atoms with van der Waals surface area (Å²) in [5.74, 6) is 0.866. The third-order valence-corrected chi connectivity index (χ3v) is 4.31. The Kier molecular flexibility index (Phi) is 4.25. The Morgan fingerprint density at radius 3 is 3.10 bits per heavy atom. The fraction of sp³-hybridized carbons (Fsp3) is 0.375. The molecule has 1 aliphatic heterocycles. The Hall–Kier alpha value is -1.81. The third-order valence-electron chi connectivity index (χ3n) is 4.00. The van der Waals surface area contributed by atoms with E-state index in [9.17, 15) is 4.79 Å². The number of nitrogens with one attached hydrogen (secondary N) is 1. The number of aromatic amines is 1. The number of piperidine rings is 1. The molecule has 2 heterocycles. The lowest BCUT2D eigenvalue weighted by atomic mass is 9.94. The van der Waals surface area contributed by atoms with E-state index >= 15 is 0 Å². The van der Waals surface area contributed by atoms with Crippen molar-refractivity contribution in [3.05, 3.63) is 53.3 Å². The van der Waals surface area contributed by atoms with Crippen LogP contribution in [-0.4, -0.2) is 34.1 Å². The molecule has 21 heavy (non-hydrogen) atoms. The fourth-order valence-corrected chi connectivity index (χ4v) is 3.05. The minimum atomic E-state index is 0.0891. The van der Waals surface area contributed by atoms with Crippen LogP contribution >= 0.6 is 11.6 Å². The molecule has 1 aromatic carbocycles. The SMILES string of the molecule is O=C(c1cccc(CCl)c1)N1CCCC(c2ccn[nH]2)C1. The van der Waals surface area contributed by atoms with Crippen LogP contribution in [0.2, 0.25) is 0 Å². The summed E-state index contributed by atoms with van der Waals surface area (Å²) in [5, 5.41) is 7.02. The predicted molar refractivity (Wildman–Crippen MR) is 82.5 cm³/mol. The van der Waals surface area contributed by atoms with Gasteiger partial charge in [0.05, 0.1) is 0 Å². The minimum Gasteiger partial charge on any atom is -0.338 e. The summed E-state index contributed by atoms with van der Waals surface area (Å²) >= 11 is 5.84. The van der Waals surface area contributed by atoms with Crippen LogP contribution in [0.15, 0.2) is 36.5 Å². The van der Waals surface area contributed by atoms with Crippen molar-refractivity contribution < 1.29 is 4.79 Å². The van der Waals surface area contributed by atoms with Gasteiger partial charge in [-0.25, -0.2) is 0 Å². The van der Waals surface area contributed by atoms with Crippen molar-refractivity contribution in [2.45, 2.75) is 24.6 Å². The molecular formula is C16H18ClN3O. The van der Waals surface area contributed by atoms with Gasteiger partial charge in [0.1, 0.15) is 0 Å². The fourth-order valence-electron chi connectivity index (χ4n) is 2.88. The normalized spacial score (nSPS) is 18.7. The monoisotopic (exact) mass is 303 g/mol. The van der Waals surface area contributed by atoms with Gasteiger partial charge >= 0.3 is 0 Å². The summed E-state index contributed by atoms with van der Waals surface area (Å²) in [5.41, 5.74) is 2.81. The highest BCUT2D eigenvalue weighted by atomic mass is 35.5. The number of H-pyrrole nitrogens is 1. The summed E-state index contributed by atoms with van der Waals surface area (Å²) in [6.45, 7) is 1.56. The van der Waals surface area contributed by atoms with Gasteiger partial charge in [-0.3, -0.25) is 9.89 Å². The van der Waals surface area contributed by atoms with Crippen molar-refractivity contribution in [1.82, 2.24) is 15.1 Å². The first-order chi connectivity index (χ1) is 10.3. The molecule has 110 valence electrons. The van der Waals surface area contributed by atoms with Crippen molar-refractivity contribution in [2.24, 2.45) is 0 Å². The summed E-state index contributed by atoms with van der Waals surface area (Å²) in [6.07, 6.45) is 3.87. The van der Waals surface area contributed by atoms with E-state index in [-0.39, 0.29) is 5.91 Å². The highest BCUT2D eigenvalue weighted by Crippen LogP contribution is 2.26. The van der Waals surface area contributed by atoms with Crippen molar-refractivity contribution in [3.8, 4) is 0 Å². The van der Waals surface area contributed by atoms with Crippen LogP contribution in [-0.2, 0) is 5.88 Å². The molecule has 1 aliphatic rings. The van der Waals surface area contributed by atoms with E-state index in [1.807, 2.05) is 35.2 Å². The topological polar surface area (TPSA) is 49.0 Å². The van der Waals surface area contributed by atoms with Crippen LogP contribution in [0.3, 0.4) is 0 Å². The first kappa shape index (κ1) is 14.1. The van der Waals surface area contributed by atoms with E-state index < -0.39 is 0 Å². The molecule has 5 heteroatoms. The molecule has 0 radical (unpaired) electrons. The van der Waals surface area contributed by atoms with Gasteiger partial charge in [-0.1, -0.05) is 12.1 Å². The molecule has 1 saturated heterocycles. The smallest absolute Gasteiger partial charge is 0.253 e. The number of likely N-dealkylation sites (tertiary alicyclic amines) is 1. The Bertz CT molecular complexity index is 612. The van der Waals surface area contributed by atoms with Crippen molar-refractivity contribution in [3.63, 3.8) is 0 Å². The molecule has 0 aliphatic carbocycles. The molecule has 1 unspecified atom stereocenters. The van der Waals surface area contributed by atoms with Gasteiger partial charge in [0.15, 0.2) is 0 Å². The zero-order chi connectivity index (χ0) is 14.7. The minimum absolute atomic E-state index is 0.0891. The Morgan fingerprint density at radius 1 is 1.43 bits per heavy atom. The Labute approximate surface area is 129 Å². The summed E-state index contributed by atoms with van der Waals surface area (Å²) < 4.78 is 0. The van der Waals surface area contributed by atoms with Gasteiger partial charge in [-0.05, 0) is 36.6 Å². The lowest BCUT2D eigenvalue weighted by Gasteiger charge is -2.32. The van der Waals surface area contributed by atoms with Gasteiger partial charge in [-0.15, -0.1) is 11.6 Å². The van der Waals surface area contributed by atoms with Crippen molar-refractivity contribution in [2.75, 3.05) is 13.1 Å². The summed E-state index contributed by atoms with van der Waals surface area (Å²) in [4.78, 5) is 14.6. The van der Waals surface area contributed by atoms with Crippen molar-refractivity contribution in [1.29, 1.82) is 0 Å². The van der Waals surface area contributed by atoms with E-state index in [4.69, 9.17) is 11.6 Å². The number of carbonyl (C=O) groups excluding carboxylic acids is 1. The summed E-state index contributed by atoms with van der Waals surface area (Å²) in [7, 11) is 0. The number of hydrogen-bond donors (Lipinski definition) is 1. The maximum atomic E-state index is 12.6. The number of carbonyl (C=O) groups is 1. The average molecular weight is 304 g/mol. The van der Waals surface area contributed by atoms with E-state index in [1.165, 1.54) is 0 Å². The molecule has 1 aromatic heterocycles. The van der Waals surface area contributed by atoms with E-state index in [2.05, 4.69) is 10.2 Å².